The van der Waals surface area contributed by atoms with Crippen molar-refractivity contribution in [2.75, 3.05) is 5.32 Å². The van der Waals surface area contributed by atoms with Crippen LogP contribution in [0.2, 0.25) is 0 Å². The smallest absolute Gasteiger partial charge is 0.256 e. The minimum Gasteiger partial charge on any atom is -0.322 e. The molecule has 3 aromatic rings. The van der Waals surface area contributed by atoms with Crippen molar-refractivity contribution < 1.29 is 4.79 Å². The highest BCUT2D eigenvalue weighted by Crippen LogP contribution is 2.21. The number of hydrogen-bond acceptors (Lipinski definition) is 2. The Balaban J connectivity index is 2.03. The summed E-state index contributed by atoms with van der Waals surface area (Å²) in [5, 5.41) is 3.76. The van der Waals surface area contributed by atoms with Crippen LogP contribution in [0, 0.1) is 26.2 Å². The predicted octanol–water partition coefficient (Wildman–Crippen LogP) is 4.09. The first kappa shape index (κ1) is 14.8. The summed E-state index contributed by atoms with van der Waals surface area (Å²) >= 11 is 0. The molecule has 0 atom stereocenters. The summed E-state index contributed by atoms with van der Waals surface area (Å²) in [7, 11) is 0. The van der Waals surface area contributed by atoms with Gasteiger partial charge in [-0.25, -0.2) is 0 Å². The summed E-state index contributed by atoms with van der Waals surface area (Å²) in [5.41, 5.74) is 4.74. The first-order chi connectivity index (χ1) is 11.1. The van der Waals surface area contributed by atoms with Gasteiger partial charge in [0.05, 0.1) is 11.1 Å². The van der Waals surface area contributed by atoms with Crippen molar-refractivity contribution in [3.63, 3.8) is 0 Å². The molecule has 0 aliphatic carbocycles. The molecule has 1 heterocycles. The van der Waals surface area contributed by atoms with Crippen LogP contribution in [0.1, 0.15) is 27.2 Å². The maximum Gasteiger partial charge on any atom is 0.256 e. The van der Waals surface area contributed by atoms with Gasteiger partial charge in [-0.2, -0.15) is 0 Å². The number of terminal acetylenes is 1. The molecule has 0 radical (unpaired) electrons. The molecule has 0 aliphatic rings. The van der Waals surface area contributed by atoms with Gasteiger partial charge in [-0.3, -0.25) is 9.78 Å². The molecule has 0 bridgehead atoms. The summed E-state index contributed by atoms with van der Waals surface area (Å²) in [4.78, 5) is 17.2. The molecule has 0 unspecified atom stereocenters. The normalized spacial score (nSPS) is 10.3. The molecule has 3 heteroatoms. The third-order valence-electron chi connectivity index (χ3n) is 3.62. The van der Waals surface area contributed by atoms with Crippen molar-refractivity contribution >= 4 is 22.5 Å². The van der Waals surface area contributed by atoms with Crippen molar-refractivity contribution in [2.24, 2.45) is 0 Å². The van der Waals surface area contributed by atoms with Crippen LogP contribution < -0.4 is 5.32 Å². The number of aromatic nitrogens is 1. The Morgan fingerprint density at radius 2 is 1.96 bits per heavy atom. The molecule has 0 aliphatic heterocycles. The van der Waals surface area contributed by atoms with Crippen LogP contribution in [-0.2, 0) is 0 Å². The van der Waals surface area contributed by atoms with E-state index in [0.29, 0.717) is 11.3 Å². The zero-order valence-corrected chi connectivity index (χ0v) is 13.1. The van der Waals surface area contributed by atoms with Gasteiger partial charge in [0, 0.05) is 22.3 Å². The van der Waals surface area contributed by atoms with Crippen LogP contribution in [0.4, 0.5) is 5.69 Å². The van der Waals surface area contributed by atoms with Crippen LogP contribution in [0.15, 0.2) is 48.5 Å². The van der Waals surface area contributed by atoms with Crippen molar-refractivity contribution in [3.05, 3.63) is 70.9 Å². The second kappa shape index (κ2) is 5.94. The number of hydrogen-bond donors (Lipinski definition) is 1. The first-order valence-corrected chi connectivity index (χ1v) is 7.33. The summed E-state index contributed by atoms with van der Waals surface area (Å²) in [6.07, 6.45) is 5.40. The average molecular weight is 300 g/mol. The number of pyridine rings is 1. The minimum absolute atomic E-state index is 0.166. The maximum atomic E-state index is 12.7. The van der Waals surface area contributed by atoms with Gasteiger partial charge in [-0.05, 0) is 50.2 Å². The van der Waals surface area contributed by atoms with E-state index in [2.05, 4.69) is 16.2 Å². The standard InChI is InChI=1S/C20H16N2O/c1-4-15-6-5-7-16(12-15)22-20(23)18-11-14(3)21-19-9-8-13(2)10-17(18)19/h1,5-12H,2-3H3,(H,22,23). The van der Waals surface area contributed by atoms with Gasteiger partial charge in [0.2, 0.25) is 0 Å². The van der Waals surface area contributed by atoms with Crippen molar-refractivity contribution in [3.8, 4) is 12.3 Å². The van der Waals surface area contributed by atoms with Crippen LogP contribution in [-0.4, -0.2) is 10.9 Å². The molecular formula is C20H16N2O. The molecule has 0 saturated heterocycles. The summed E-state index contributed by atoms with van der Waals surface area (Å²) in [5.74, 6) is 2.40. The SMILES string of the molecule is C#Cc1cccc(NC(=O)c2cc(C)nc3ccc(C)cc23)c1. The molecule has 1 aromatic heterocycles. The van der Waals surface area contributed by atoms with E-state index in [1.165, 1.54) is 0 Å². The van der Waals surface area contributed by atoms with Gasteiger partial charge in [0.1, 0.15) is 0 Å². The highest BCUT2D eigenvalue weighted by Gasteiger charge is 2.12. The van der Waals surface area contributed by atoms with E-state index in [1.54, 1.807) is 6.07 Å². The number of nitrogens with zero attached hydrogens (tertiary/aromatic N) is 1. The highest BCUT2D eigenvalue weighted by molar-refractivity contribution is 6.12. The molecule has 3 rings (SSSR count). The fourth-order valence-corrected chi connectivity index (χ4v) is 2.55. The predicted molar refractivity (Wildman–Crippen MR) is 93.5 cm³/mol. The highest BCUT2D eigenvalue weighted by atomic mass is 16.1. The zero-order valence-electron chi connectivity index (χ0n) is 13.1. The number of carbonyl (C=O) groups excluding carboxylic acids is 1. The second-order valence-electron chi connectivity index (χ2n) is 5.51. The van der Waals surface area contributed by atoms with E-state index in [-0.39, 0.29) is 5.91 Å². The van der Waals surface area contributed by atoms with Gasteiger partial charge >= 0.3 is 0 Å². The molecule has 3 nitrogen and oxygen atoms in total. The molecule has 1 N–H and O–H groups in total. The van der Waals surface area contributed by atoms with Crippen molar-refractivity contribution in [1.29, 1.82) is 0 Å². The van der Waals surface area contributed by atoms with Crippen LogP contribution in [0.25, 0.3) is 10.9 Å². The number of anilines is 1. The number of benzene rings is 2. The Morgan fingerprint density at radius 3 is 2.74 bits per heavy atom. The molecule has 0 saturated carbocycles. The Kier molecular flexibility index (Phi) is 3.82. The van der Waals surface area contributed by atoms with Crippen LogP contribution >= 0.6 is 0 Å². The number of nitrogens with one attached hydrogen (secondary N) is 1. The van der Waals surface area contributed by atoms with Crippen molar-refractivity contribution in [1.82, 2.24) is 4.98 Å². The Bertz CT molecular complexity index is 952. The number of rotatable bonds is 2. The van der Waals surface area contributed by atoms with Crippen molar-refractivity contribution in [2.45, 2.75) is 13.8 Å². The van der Waals surface area contributed by atoms with Gasteiger partial charge in [-0.1, -0.05) is 23.6 Å². The van der Waals surface area contributed by atoms with E-state index in [4.69, 9.17) is 6.42 Å². The second-order valence-corrected chi connectivity index (χ2v) is 5.51. The fourth-order valence-electron chi connectivity index (χ4n) is 2.55. The lowest BCUT2D eigenvalue weighted by molar-refractivity contribution is 0.102. The Labute approximate surface area is 135 Å². The number of fused-ring (bicyclic) bond motifs is 1. The molecular weight excluding hydrogens is 284 g/mol. The summed E-state index contributed by atoms with van der Waals surface area (Å²) < 4.78 is 0. The topological polar surface area (TPSA) is 42.0 Å². The summed E-state index contributed by atoms with van der Waals surface area (Å²) in [6, 6.07) is 15.0. The number of amides is 1. The third-order valence-corrected chi connectivity index (χ3v) is 3.62. The van der Waals surface area contributed by atoms with E-state index >= 15 is 0 Å². The molecule has 1 amide bonds. The van der Waals surface area contributed by atoms with Gasteiger partial charge in [0.25, 0.3) is 5.91 Å². The Morgan fingerprint density at radius 1 is 1.13 bits per heavy atom. The van der Waals surface area contributed by atoms with E-state index in [1.807, 2.05) is 56.3 Å². The lowest BCUT2D eigenvalue weighted by Crippen LogP contribution is -2.13. The largest absolute Gasteiger partial charge is 0.322 e. The summed E-state index contributed by atoms with van der Waals surface area (Å²) in [6.45, 7) is 3.88. The average Bonchev–Trinajstić information content (AvgIpc) is 2.54. The van der Waals surface area contributed by atoms with Crippen LogP contribution in [0.3, 0.4) is 0 Å². The van der Waals surface area contributed by atoms with Gasteiger partial charge < -0.3 is 5.32 Å². The number of carbonyl (C=O) groups is 1. The fraction of sp³-hybridized carbons (Fsp3) is 0.100. The van der Waals surface area contributed by atoms with E-state index in [9.17, 15) is 4.79 Å². The lowest BCUT2D eigenvalue weighted by Gasteiger charge is -2.10. The maximum absolute atomic E-state index is 12.7. The van der Waals surface area contributed by atoms with Gasteiger partial charge in [-0.15, -0.1) is 6.42 Å². The molecule has 23 heavy (non-hydrogen) atoms. The van der Waals surface area contributed by atoms with E-state index < -0.39 is 0 Å². The molecule has 0 spiro atoms. The first-order valence-electron chi connectivity index (χ1n) is 7.33. The van der Waals surface area contributed by atoms with Crippen LogP contribution in [0.5, 0.6) is 0 Å². The zero-order chi connectivity index (χ0) is 16.4. The third kappa shape index (κ3) is 3.07. The van der Waals surface area contributed by atoms with Gasteiger partial charge in [0.15, 0.2) is 0 Å². The number of aryl methyl sites for hydroxylation is 2. The molecule has 0 fully saturated rings. The Hall–Kier alpha value is -3.12. The lowest BCUT2D eigenvalue weighted by atomic mass is 10.0. The quantitative estimate of drug-likeness (QED) is 0.724. The minimum atomic E-state index is -0.166. The van der Waals surface area contributed by atoms with E-state index in [0.717, 1.165) is 27.7 Å². The molecule has 112 valence electrons. The molecule has 2 aromatic carbocycles. The monoisotopic (exact) mass is 300 g/mol.